The SMILES string of the molecule is CCCCOc1ccc(C(=O)Nc2cccc(SC)c2)cc1. The van der Waals surface area contributed by atoms with E-state index >= 15 is 0 Å². The molecule has 116 valence electrons. The topological polar surface area (TPSA) is 38.3 Å². The summed E-state index contributed by atoms with van der Waals surface area (Å²) in [5, 5.41) is 2.91. The summed E-state index contributed by atoms with van der Waals surface area (Å²) in [7, 11) is 0. The molecule has 1 amide bonds. The molecule has 0 aliphatic heterocycles. The number of carbonyl (C=O) groups excluding carboxylic acids is 1. The highest BCUT2D eigenvalue weighted by molar-refractivity contribution is 7.98. The molecule has 0 aliphatic rings. The van der Waals surface area contributed by atoms with Gasteiger partial charge in [0.2, 0.25) is 0 Å². The first kappa shape index (κ1) is 16.4. The van der Waals surface area contributed by atoms with Crippen molar-refractivity contribution in [3.8, 4) is 5.75 Å². The molecular formula is C18H21NO2S. The van der Waals surface area contributed by atoms with Crippen LogP contribution < -0.4 is 10.1 Å². The van der Waals surface area contributed by atoms with Gasteiger partial charge in [0.25, 0.3) is 5.91 Å². The fraction of sp³-hybridized carbons (Fsp3) is 0.278. The van der Waals surface area contributed by atoms with E-state index in [1.54, 1.807) is 23.9 Å². The second kappa shape index (κ2) is 8.49. The number of ether oxygens (including phenoxy) is 1. The van der Waals surface area contributed by atoms with E-state index in [9.17, 15) is 4.79 Å². The van der Waals surface area contributed by atoms with Gasteiger partial charge in [-0.05, 0) is 55.1 Å². The highest BCUT2D eigenvalue weighted by Gasteiger charge is 2.06. The van der Waals surface area contributed by atoms with Crippen molar-refractivity contribution in [3.05, 3.63) is 54.1 Å². The van der Waals surface area contributed by atoms with Crippen molar-refractivity contribution in [2.45, 2.75) is 24.7 Å². The third kappa shape index (κ3) is 4.81. The minimum Gasteiger partial charge on any atom is -0.494 e. The number of rotatable bonds is 7. The van der Waals surface area contributed by atoms with Gasteiger partial charge in [0, 0.05) is 16.1 Å². The van der Waals surface area contributed by atoms with E-state index in [2.05, 4.69) is 12.2 Å². The molecule has 0 spiro atoms. The van der Waals surface area contributed by atoms with Crippen molar-refractivity contribution >= 4 is 23.4 Å². The summed E-state index contributed by atoms with van der Waals surface area (Å²) >= 11 is 1.65. The zero-order valence-electron chi connectivity index (χ0n) is 13.0. The summed E-state index contributed by atoms with van der Waals surface area (Å²) in [6.07, 6.45) is 4.15. The predicted octanol–water partition coefficient (Wildman–Crippen LogP) is 4.84. The molecular weight excluding hydrogens is 294 g/mol. The zero-order valence-corrected chi connectivity index (χ0v) is 13.8. The Morgan fingerprint density at radius 2 is 1.95 bits per heavy atom. The average molecular weight is 315 g/mol. The lowest BCUT2D eigenvalue weighted by Gasteiger charge is -2.08. The van der Waals surface area contributed by atoms with Crippen LogP contribution in [0.25, 0.3) is 0 Å². The van der Waals surface area contributed by atoms with Crippen molar-refractivity contribution in [2.24, 2.45) is 0 Å². The number of nitrogens with one attached hydrogen (secondary N) is 1. The van der Waals surface area contributed by atoms with E-state index in [0.717, 1.165) is 29.2 Å². The molecule has 4 heteroatoms. The van der Waals surface area contributed by atoms with Gasteiger partial charge < -0.3 is 10.1 Å². The average Bonchev–Trinajstić information content (AvgIpc) is 2.56. The first-order chi connectivity index (χ1) is 10.7. The van der Waals surface area contributed by atoms with Crippen molar-refractivity contribution in [1.82, 2.24) is 0 Å². The molecule has 0 unspecified atom stereocenters. The van der Waals surface area contributed by atoms with Crippen LogP contribution >= 0.6 is 11.8 Å². The van der Waals surface area contributed by atoms with Crippen molar-refractivity contribution in [2.75, 3.05) is 18.2 Å². The van der Waals surface area contributed by atoms with Crippen LogP contribution in [0.15, 0.2) is 53.4 Å². The minimum absolute atomic E-state index is 0.113. The monoisotopic (exact) mass is 315 g/mol. The second-order valence-electron chi connectivity index (χ2n) is 4.91. The molecule has 0 aromatic heterocycles. The van der Waals surface area contributed by atoms with Gasteiger partial charge in [-0.1, -0.05) is 19.4 Å². The number of carbonyl (C=O) groups is 1. The lowest BCUT2D eigenvalue weighted by atomic mass is 10.2. The van der Waals surface area contributed by atoms with E-state index in [4.69, 9.17) is 4.74 Å². The molecule has 0 aliphatic carbocycles. The molecule has 0 atom stereocenters. The first-order valence-corrected chi connectivity index (χ1v) is 8.63. The second-order valence-corrected chi connectivity index (χ2v) is 5.79. The van der Waals surface area contributed by atoms with Crippen LogP contribution in [0.5, 0.6) is 5.75 Å². The summed E-state index contributed by atoms with van der Waals surface area (Å²) in [6, 6.07) is 15.1. The quantitative estimate of drug-likeness (QED) is 0.587. The molecule has 2 aromatic rings. The largest absolute Gasteiger partial charge is 0.494 e. The van der Waals surface area contributed by atoms with Crippen LogP contribution in [-0.4, -0.2) is 18.8 Å². The smallest absolute Gasteiger partial charge is 0.255 e. The van der Waals surface area contributed by atoms with Crippen molar-refractivity contribution in [1.29, 1.82) is 0 Å². The standard InChI is InChI=1S/C18H21NO2S/c1-3-4-12-21-16-10-8-14(9-11-16)18(20)19-15-6-5-7-17(13-15)22-2/h5-11,13H,3-4,12H2,1-2H3,(H,19,20). The Kier molecular flexibility index (Phi) is 6.34. The summed E-state index contributed by atoms with van der Waals surface area (Å²) in [5.41, 5.74) is 1.43. The highest BCUT2D eigenvalue weighted by Crippen LogP contribution is 2.20. The summed E-state index contributed by atoms with van der Waals surface area (Å²) in [5.74, 6) is 0.688. The summed E-state index contributed by atoms with van der Waals surface area (Å²) < 4.78 is 5.60. The Bertz CT molecular complexity index is 611. The van der Waals surface area contributed by atoms with Crippen LogP contribution in [0.4, 0.5) is 5.69 Å². The normalized spacial score (nSPS) is 10.3. The molecule has 0 heterocycles. The van der Waals surface area contributed by atoms with E-state index < -0.39 is 0 Å². The van der Waals surface area contributed by atoms with Gasteiger partial charge in [0.05, 0.1) is 6.61 Å². The number of hydrogen-bond acceptors (Lipinski definition) is 3. The van der Waals surface area contributed by atoms with Crippen molar-refractivity contribution in [3.63, 3.8) is 0 Å². The lowest BCUT2D eigenvalue weighted by molar-refractivity contribution is 0.102. The maximum absolute atomic E-state index is 12.2. The fourth-order valence-electron chi connectivity index (χ4n) is 1.94. The van der Waals surface area contributed by atoms with Crippen molar-refractivity contribution < 1.29 is 9.53 Å². The molecule has 1 N–H and O–H groups in total. The molecule has 0 bridgehead atoms. The van der Waals surface area contributed by atoms with Gasteiger partial charge in [-0.2, -0.15) is 0 Å². The Morgan fingerprint density at radius 1 is 1.18 bits per heavy atom. The Balaban J connectivity index is 1.97. The van der Waals surface area contributed by atoms with Gasteiger partial charge in [0.1, 0.15) is 5.75 Å². The van der Waals surface area contributed by atoms with Crippen LogP contribution in [0.2, 0.25) is 0 Å². The van der Waals surface area contributed by atoms with Gasteiger partial charge in [-0.15, -0.1) is 11.8 Å². The first-order valence-electron chi connectivity index (χ1n) is 7.41. The third-order valence-corrected chi connectivity index (χ3v) is 3.94. The van der Waals surface area contributed by atoms with E-state index in [1.165, 1.54) is 0 Å². The highest BCUT2D eigenvalue weighted by atomic mass is 32.2. The number of unbranched alkanes of at least 4 members (excludes halogenated alkanes) is 1. The molecule has 22 heavy (non-hydrogen) atoms. The fourth-order valence-corrected chi connectivity index (χ4v) is 2.40. The van der Waals surface area contributed by atoms with Gasteiger partial charge in [-0.25, -0.2) is 0 Å². The Morgan fingerprint density at radius 3 is 2.64 bits per heavy atom. The summed E-state index contributed by atoms with van der Waals surface area (Å²) in [4.78, 5) is 13.3. The third-order valence-electron chi connectivity index (χ3n) is 3.21. The number of benzene rings is 2. The lowest BCUT2D eigenvalue weighted by Crippen LogP contribution is -2.11. The Hall–Kier alpha value is -1.94. The number of amides is 1. The van der Waals surface area contributed by atoms with Gasteiger partial charge in [0.15, 0.2) is 0 Å². The predicted molar refractivity (Wildman–Crippen MR) is 93.0 cm³/mol. The zero-order chi connectivity index (χ0) is 15.8. The maximum Gasteiger partial charge on any atom is 0.255 e. The molecule has 0 radical (unpaired) electrons. The van der Waals surface area contributed by atoms with Gasteiger partial charge in [-0.3, -0.25) is 4.79 Å². The van der Waals surface area contributed by atoms with E-state index in [1.807, 2.05) is 42.7 Å². The van der Waals surface area contributed by atoms with E-state index in [-0.39, 0.29) is 5.91 Å². The summed E-state index contributed by atoms with van der Waals surface area (Å²) in [6.45, 7) is 2.84. The number of hydrogen-bond donors (Lipinski definition) is 1. The van der Waals surface area contributed by atoms with E-state index in [0.29, 0.717) is 12.2 Å². The molecule has 0 saturated carbocycles. The van der Waals surface area contributed by atoms with Crippen LogP contribution in [-0.2, 0) is 0 Å². The molecule has 2 rings (SSSR count). The molecule has 3 nitrogen and oxygen atoms in total. The Labute approximate surface area is 136 Å². The van der Waals surface area contributed by atoms with Crippen LogP contribution in [0, 0.1) is 0 Å². The van der Waals surface area contributed by atoms with Crippen LogP contribution in [0.1, 0.15) is 30.1 Å². The number of anilines is 1. The maximum atomic E-state index is 12.2. The molecule has 0 fully saturated rings. The molecule has 2 aromatic carbocycles. The minimum atomic E-state index is -0.113. The van der Waals surface area contributed by atoms with Crippen LogP contribution in [0.3, 0.4) is 0 Å². The number of thioether (sulfide) groups is 1. The van der Waals surface area contributed by atoms with Gasteiger partial charge >= 0.3 is 0 Å². The molecule has 0 saturated heterocycles.